The van der Waals surface area contributed by atoms with E-state index < -0.39 is 10.0 Å². The fraction of sp³-hybridized carbons (Fsp3) is 0.786. The Kier molecular flexibility index (Phi) is 6.83. The molecule has 6 nitrogen and oxygen atoms in total. The summed E-state index contributed by atoms with van der Waals surface area (Å²) >= 11 is 0. The Morgan fingerprint density at radius 3 is 2.38 bits per heavy atom. The van der Waals surface area contributed by atoms with Gasteiger partial charge in [-0.3, -0.25) is 0 Å². The molecule has 0 aliphatic heterocycles. The zero-order valence-corrected chi connectivity index (χ0v) is 14.4. The number of unbranched alkanes of at least 4 members (excludes halogenated alkanes) is 1. The highest BCUT2D eigenvalue weighted by Crippen LogP contribution is 2.21. The van der Waals surface area contributed by atoms with E-state index in [1.54, 1.807) is 6.92 Å². The summed E-state index contributed by atoms with van der Waals surface area (Å²) in [5.41, 5.74) is 1.55. The van der Waals surface area contributed by atoms with Crippen molar-refractivity contribution < 1.29 is 12.9 Å². The molecule has 1 heterocycles. The first-order chi connectivity index (χ1) is 9.73. The third kappa shape index (κ3) is 6.15. The SMILES string of the molecule is Cc1noc(C)c1C(C)NS(=O)(=O)CCCCNC(C)C. The molecule has 0 radical (unpaired) electrons. The first-order valence-corrected chi connectivity index (χ1v) is 9.04. The highest BCUT2D eigenvalue weighted by atomic mass is 32.2. The van der Waals surface area contributed by atoms with Gasteiger partial charge in [-0.05, 0) is 40.2 Å². The van der Waals surface area contributed by atoms with Gasteiger partial charge in [-0.25, -0.2) is 13.1 Å². The molecule has 0 fully saturated rings. The smallest absolute Gasteiger partial charge is 0.212 e. The quantitative estimate of drug-likeness (QED) is 0.681. The van der Waals surface area contributed by atoms with E-state index in [2.05, 4.69) is 29.0 Å². The summed E-state index contributed by atoms with van der Waals surface area (Å²) < 4.78 is 31.9. The van der Waals surface area contributed by atoms with Gasteiger partial charge in [0.1, 0.15) is 5.76 Å². The Balaban J connectivity index is 2.45. The second kappa shape index (κ2) is 7.91. The van der Waals surface area contributed by atoms with Crippen molar-refractivity contribution in [3.63, 3.8) is 0 Å². The molecule has 1 atom stereocenters. The van der Waals surface area contributed by atoms with Gasteiger partial charge in [0.25, 0.3) is 0 Å². The van der Waals surface area contributed by atoms with E-state index in [1.165, 1.54) is 0 Å². The summed E-state index contributed by atoms with van der Waals surface area (Å²) in [6.45, 7) is 10.4. The first kappa shape index (κ1) is 18.1. The van der Waals surface area contributed by atoms with Gasteiger partial charge in [-0.1, -0.05) is 19.0 Å². The summed E-state index contributed by atoms with van der Waals surface area (Å²) in [5, 5.41) is 7.13. The van der Waals surface area contributed by atoms with Gasteiger partial charge in [-0.2, -0.15) is 0 Å². The topological polar surface area (TPSA) is 84.2 Å². The van der Waals surface area contributed by atoms with Gasteiger partial charge >= 0.3 is 0 Å². The number of nitrogens with one attached hydrogen (secondary N) is 2. The molecule has 7 heteroatoms. The predicted octanol–water partition coefficient (Wildman–Crippen LogP) is 2.05. The normalized spacial score (nSPS) is 13.8. The molecule has 2 N–H and O–H groups in total. The number of sulfonamides is 1. The zero-order valence-electron chi connectivity index (χ0n) is 13.6. The highest BCUT2D eigenvalue weighted by Gasteiger charge is 2.21. The second-order valence-corrected chi connectivity index (χ2v) is 7.59. The Hall–Kier alpha value is -0.920. The number of hydrogen-bond donors (Lipinski definition) is 2. The second-order valence-electron chi connectivity index (χ2n) is 5.71. The van der Waals surface area contributed by atoms with Crippen molar-refractivity contribution >= 4 is 10.0 Å². The van der Waals surface area contributed by atoms with Crippen LogP contribution in [0.3, 0.4) is 0 Å². The Labute approximate surface area is 127 Å². The molecule has 0 aromatic carbocycles. The van der Waals surface area contributed by atoms with Crippen LogP contribution in [0, 0.1) is 13.8 Å². The Bertz CT molecular complexity index is 518. The van der Waals surface area contributed by atoms with Gasteiger partial charge in [0.05, 0.1) is 11.4 Å². The molecule has 0 bridgehead atoms. The predicted molar refractivity (Wildman–Crippen MR) is 83.7 cm³/mol. The van der Waals surface area contributed by atoms with Crippen LogP contribution in [0.1, 0.15) is 56.7 Å². The van der Waals surface area contributed by atoms with Crippen LogP contribution in [0.2, 0.25) is 0 Å². The summed E-state index contributed by atoms with van der Waals surface area (Å²) in [6, 6.07) is 0.106. The average molecular weight is 317 g/mol. The molecule has 0 amide bonds. The number of aromatic nitrogens is 1. The lowest BCUT2D eigenvalue weighted by Crippen LogP contribution is -2.30. The molecule has 21 heavy (non-hydrogen) atoms. The van der Waals surface area contributed by atoms with Gasteiger partial charge in [-0.15, -0.1) is 0 Å². The zero-order chi connectivity index (χ0) is 16.0. The third-order valence-electron chi connectivity index (χ3n) is 3.27. The summed E-state index contributed by atoms with van der Waals surface area (Å²) in [5.74, 6) is 0.796. The lowest BCUT2D eigenvalue weighted by Gasteiger charge is -2.14. The van der Waals surface area contributed by atoms with Crippen LogP contribution in [0.15, 0.2) is 4.52 Å². The van der Waals surface area contributed by atoms with E-state index in [0.29, 0.717) is 18.2 Å². The van der Waals surface area contributed by atoms with E-state index in [4.69, 9.17) is 4.52 Å². The van der Waals surface area contributed by atoms with Crippen molar-refractivity contribution in [3.8, 4) is 0 Å². The third-order valence-corrected chi connectivity index (χ3v) is 4.81. The molecule has 0 saturated carbocycles. The maximum atomic E-state index is 12.1. The van der Waals surface area contributed by atoms with Crippen LogP contribution < -0.4 is 10.0 Å². The lowest BCUT2D eigenvalue weighted by molar-refractivity contribution is 0.391. The van der Waals surface area contributed by atoms with Crippen LogP contribution in [0.4, 0.5) is 0 Å². The molecule has 0 spiro atoms. The van der Waals surface area contributed by atoms with Crippen LogP contribution >= 0.6 is 0 Å². The van der Waals surface area contributed by atoms with Crippen molar-refractivity contribution in [2.45, 2.75) is 59.5 Å². The standard InChI is InChI=1S/C14H27N3O3S/c1-10(2)15-8-6-7-9-21(18,19)17-12(4)14-11(3)16-20-13(14)5/h10,12,15,17H,6-9H2,1-5H3. The fourth-order valence-electron chi connectivity index (χ4n) is 2.30. The van der Waals surface area contributed by atoms with Crippen LogP contribution in [-0.2, 0) is 10.0 Å². The molecule has 1 aromatic rings. The fourth-order valence-corrected chi connectivity index (χ4v) is 3.66. The number of hydrogen-bond acceptors (Lipinski definition) is 5. The molecule has 1 unspecified atom stereocenters. The molecule has 0 aliphatic rings. The minimum Gasteiger partial charge on any atom is -0.361 e. The minimum absolute atomic E-state index is 0.139. The Morgan fingerprint density at radius 1 is 1.19 bits per heavy atom. The molecule has 122 valence electrons. The van der Waals surface area contributed by atoms with E-state index in [0.717, 1.165) is 24.2 Å². The average Bonchev–Trinajstić information content (AvgIpc) is 2.67. The van der Waals surface area contributed by atoms with Crippen molar-refractivity contribution in [3.05, 3.63) is 17.0 Å². The van der Waals surface area contributed by atoms with Crippen molar-refractivity contribution in [1.82, 2.24) is 15.2 Å². The number of nitrogens with zero attached hydrogens (tertiary/aromatic N) is 1. The maximum absolute atomic E-state index is 12.1. The lowest BCUT2D eigenvalue weighted by atomic mass is 10.1. The number of aryl methyl sites for hydroxylation is 2. The minimum atomic E-state index is -3.29. The van der Waals surface area contributed by atoms with Gasteiger partial charge in [0, 0.05) is 17.6 Å². The highest BCUT2D eigenvalue weighted by molar-refractivity contribution is 7.89. The van der Waals surface area contributed by atoms with E-state index in [1.807, 2.05) is 13.8 Å². The maximum Gasteiger partial charge on any atom is 0.212 e. The first-order valence-electron chi connectivity index (χ1n) is 7.39. The molecular formula is C14H27N3O3S. The van der Waals surface area contributed by atoms with Crippen LogP contribution in [0.5, 0.6) is 0 Å². The van der Waals surface area contributed by atoms with E-state index in [9.17, 15) is 8.42 Å². The van der Waals surface area contributed by atoms with Crippen LogP contribution in [-0.4, -0.2) is 31.9 Å². The number of rotatable bonds is 9. The summed E-state index contributed by atoms with van der Waals surface area (Å²) in [7, 11) is -3.29. The molecule has 1 rings (SSSR count). The molecule has 1 aromatic heterocycles. The van der Waals surface area contributed by atoms with Crippen molar-refractivity contribution in [2.24, 2.45) is 0 Å². The summed E-state index contributed by atoms with van der Waals surface area (Å²) in [4.78, 5) is 0. The van der Waals surface area contributed by atoms with Crippen molar-refractivity contribution in [2.75, 3.05) is 12.3 Å². The molecular weight excluding hydrogens is 290 g/mol. The van der Waals surface area contributed by atoms with E-state index >= 15 is 0 Å². The van der Waals surface area contributed by atoms with Gasteiger partial charge in [0.15, 0.2) is 0 Å². The largest absolute Gasteiger partial charge is 0.361 e. The van der Waals surface area contributed by atoms with Gasteiger partial charge < -0.3 is 9.84 Å². The van der Waals surface area contributed by atoms with E-state index in [-0.39, 0.29) is 11.8 Å². The van der Waals surface area contributed by atoms with Gasteiger partial charge in [0.2, 0.25) is 10.0 Å². The summed E-state index contributed by atoms with van der Waals surface area (Å²) in [6.07, 6.45) is 1.49. The molecule has 0 saturated heterocycles. The Morgan fingerprint density at radius 2 is 1.86 bits per heavy atom. The van der Waals surface area contributed by atoms with Crippen molar-refractivity contribution in [1.29, 1.82) is 0 Å². The monoisotopic (exact) mass is 317 g/mol. The van der Waals surface area contributed by atoms with Crippen LogP contribution in [0.25, 0.3) is 0 Å². The molecule has 0 aliphatic carbocycles.